The minimum Gasteiger partial charge on any atom is -0.489 e. The van der Waals surface area contributed by atoms with Gasteiger partial charge in [0.1, 0.15) is 24.4 Å². The van der Waals surface area contributed by atoms with E-state index in [1.807, 2.05) is 99.6 Å². The van der Waals surface area contributed by atoms with Crippen LogP contribution >= 0.6 is 0 Å². The van der Waals surface area contributed by atoms with Gasteiger partial charge in [-0.1, -0.05) is 72.8 Å². The fraction of sp³-hybridized carbons (Fsp3) is 0.310. The van der Waals surface area contributed by atoms with E-state index in [4.69, 9.17) is 23.7 Å². The second-order valence-electron chi connectivity index (χ2n) is 13.8. The Bertz CT molecular complexity index is 1790. The summed E-state index contributed by atoms with van der Waals surface area (Å²) in [6.45, 7) is 11.5. The zero-order valence-electron chi connectivity index (χ0n) is 30.2. The van der Waals surface area contributed by atoms with Crippen LogP contribution in [0.25, 0.3) is 6.08 Å². The van der Waals surface area contributed by atoms with Crippen molar-refractivity contribution < 1.29 is 38.1 Å². The van der Waals surface area contributed by atoms with E-state index in [1.54, 1.807) is 45.0 Å². The summed E-state index contributed by atoms with van der Waals surface area (Å²) in [5.41, 5.74) is 2.73. The molecule has 0 bridgehead atoms. The van der Waals surface area contributed by atoms with Gasteiger partial charge in [0.05, 0.1) is 12.2 Å². The average molecular weight is 694 g/mol. The predicted molar refractivity (Wildman–Crippen MR) is 198 cm³/mol. The minimum absolute atomic E-state index is 0.124. The summed E-state index contributed by atoms with van der Waals surface area (Å²) in [5.74, 6) is 0.0263. The molecule has 1 N–H and O–H groups in total. The fourth-order valence-corrected chi connectivity index (χ4v) is 4.90. The number of aryl methyl sites for hydroxylation is 1. The molecule has 4 aromatic carbocycles. The highest BCUT2D eigenvalue weighted by Crippen LogP contribution is 2.33. The molecule has 9 nitrogen and oxygen atoms in total. The SMILES string of the molecule is CC(C)(C)OC(=O)C=Cc1cccc(OCc2ccccc2)c1OCCCc1cc(NC(=O)OC(C)(C)C)ccc1C(=O)OCc1ccccc1. The number of hydrogen-bond donors (Lipinski definition) is 1. The zero-order chi connectivity index (χ0) is 36.9. The molecule has 4 rings (SSSR count). The second-order valence-corrected chi connectivity index (χ2v) is 13.8. The van der Waals surface area contributed by atoms with Crippen LogP contribution in [-0.4, -0.2) is 35.8 Å². The fourth-order valence-electron chi connectivity index (χ4n) is 4.90. The number of hydrogen-bond acceptors (Lipinski definition) is 8. The molecule has 0 unspecified atom stereocenters. The van der Waals surface area contributed by atoms with E-state index in [1.165, 1.54) is 6.08 Å². The van der Waals surface area contributed by atoms with E-state index in [9.17, 15) is 14.4 Å². The highest BCUT2D eigenvalue weighted by Gasteiger charge is 2.19. The molecule has 0 aliphatic heterocycles. The summed E-state index contributed by atoms with van der Waals surface area (Å²) in [6.07, 6.45) is 3.33. The molecule has 1 amide bonds. The van der Waals surface area contributed by atoms with Crippen molar-refractivity contribution in [2.45, 2.75) is 78.8 Å². The van der Waals surface area contributed by atoms with E-state index < -0.39 is 29.2 Å². The van der Waals surface area contributed by atoms with Crippen LogP contribution in [0, 0.1) is 0 Å². The van der Waals surface area contributed by atoms with Crippen LogP contribution < -0.4 is 14.8 Å². The number of benzene rings is 4. The number of para-hydroxylation sites is 1. The predicted octanol–water partition coefficient (Wildman–Crippen LogP) is 9.34. The van der Waals surface area contributed by atoms with Gasteiger partial charge in [-0.2, -0.15) is 0 Å². The van der Waals surface area contributed by atoms with Crippen LogP contribution in [0.5, 0.6) is 11.5 Å². The maximum atomic E-state index is 13.3. The van der Waals surface area contributed by atoms with Crippen molar-refractivity contribution >= 4 is 29.8 Å². The van der Waals surface area contributed by atoms with Crippen molar-refractivity contribution in [1.29, 1.82) is 0 Å². The Hall–Kier alpha value is -5.57. The molecule has 9 heteroatoms. The number of carbonyl (C=O) groups excluding carboxylic acids is 3. The standard InChI is InChI=1S/C42H47NO8/c1-41(2,3)50-37(44)25-22-32-19-13-21-36(48-28-30-15-9-7-10-16-30)38(32)47-26-14-20-33-27-34(43-40(46)51-42(4,5)6)23-24-35(33)39(45)49-29-31-17-11-8-12-18-31/h7-13,15-19,21-25,27H,14,20,26,28-29H2,1-6H3,(H,43,46). The topological polar surface area (TPSA) is 109 Å². The summed E-state index contributed by atoms with van der Waals surface area (Å²) in [6, 6.07) is 29.7. The van der Waals surface area contributed by atoms with E-state index in [0.29, 0.717) is 53.3 Å². The first-order valence-electron chi connectivity index (χ1n) is 16.9. The lowest BCUT2D eigenvalue weighted by molar-refractivity contribution is -0.148. The van der Waals surface area contributed by atoms with Gasteiger partial charge >= 0.3 is 18.0 Å². The van der Waals surface area contributed by atoms with Crippen molar-refractivity contribution in [2.75, 3.05) is 11.9 Å². The van der Waals surface area contributed by atoms with E-state index >= 15 is 0 Å². The number of anilines is 1. The lowest BCUT2D eigenvalue weighted by Crippen LogP contribution is -2.27. The third-order valence-corrected chi connectivity index (χ3v) is 7.07. The number of carbonyl (C=O) groups is 3. The quantitative estimate of drug-likeness (QED) is 0.0602. The molecule has 0 spiro atoms. The van der Waals surface area contributed by atoms with E-state index in [0.717, 1.165) is 11.1 Å². The number of amides is 1. The molecule has 0 aliphatic rings. The van der Waals surface area contributed by atoms with Gasteiger partial charge in [-0.05, 0) is 101 Å². The van der Waals surface area contributed by atoms with Gasteiger partial charge in [0.25, 0.3) is 0 Å². The van der Waals surface area contributed by atoms with Gasteiger partial charge in [0, 0.05) is 17.3 Å². The van der Waals surface area contributed by atoms with Gasteiger partial charge in [-0.15, -0.1) is 0 Å². The summed E-state index contributed by atoms with van der Waals surface area (Å²) in [5, 5.41) is 2.75. The Labute approximate surface area is 300 Å². The highest BCUT2D eigenvalue weighted by molar-refractivity contribution is 5.93. The third kappa shape index (κ3) is 13.3. The van der Waals surface area contributed by atoms with E-state index in [2.05, 4.69) is 5.32 Å². The second kappa shape index (κ2) is 17.9. The first-order chi connectivity index (χ1) is 24.3. The van der Waals surface area contributed by atoms with Crippen molar-refractivity contribution in [3.8, 4) is 11.5 Å². The van der Waals surface area contributed by atoms with Gasteiger partial charge in [-0.3, -0.25) is 5.32 Å². The molecule has 4 aromatic rings. The van der Waals surface area contributed by atoms with Gasteiger partial charge < -0.3 is 23.7 Å². The Balaban J connectivity index is 1.52. The smallest absolute Gasteiger partial charge is 0.412 e. The van der Waals surface area contributed by atoms with Crippen LogP contribution in [0.3, 0.4) is 0 Å². The summed E-state index contributed by atoms with van der Waals surface area (Å²) in [4.78, 5) is 38.3. The normalized spacial score (nSPS) is 11.5. The first-order valence-corrected chi connectivity index (χ1v) is 16.9. The lowest BCUT2D eigenvalue weighted by Gasteiger charge is -2.20. The van der Waals surface area contributed by atoms with Crippen molar-refractivity contribution in [1.82, 2.24) is 0 Å². The van der Waals surface area contributed by atoms with Gasteiger partial charge in [0.15, 0.2) is 11.5 Å². The molecule has 51 heavy (non-hydrogen) atoms. The molecular weight excluding hydrogens is 646 g/mol. The molecule has 0 radical (unpaired) electrons. The maximum absolute atomic E-state index is 13.3. The third-order valence-electron chi connectivity index (χ3n) is 7.07. The number of ether oxygens (including phenoxy) is 5. The molecule has 0 saturated carbocycles. The lowest BCUT2D eigenvalue weighted by atomic mass is 10.0. The Morgan fingerprint density at radius 1 is 0.706 bits per heavy atom. The monoisotopic (exact) mass is 693 g/mol. The van der Waals surface area contributed by atoms with Crippen LogP contribution in [0.1, 0.15) is 80.6 Å². The number of rotatable bonds is 14. The van der Waals surface area contributed by atoms with Crippen LogP contribution in [0.15, 0.2) is 103 Å². The Kier molecular flexibility index (Phi) is 13.4. The molecule has 0 atom stereocenters. The van der Waals surface area contributed by atoms with E-state index in [-0.39, 0.29) is 13.2 Å². The summed E-state index contributed by atoms with van der Waals surface area (Å²) < 4.78 is 29.0. The molecule has 0 aliphatic carbocycles. The van der Waals surface area contributed by atoms with Crippen LogP contribution in [0.2, 0.25) is 0 Å². The number of nitrogens with one attached hydrogen (secondary N) is 1. The summed E-state index contributed by atoms with van der Waals surface area (Å²) >= 11 is 0. The van der Waals surface area contributed by atoms with Crippen LogP contribution in [0.4, 0.5) is 10.5 Å². The molecule has 268 valence electrons. The van der Waals surface area contributed by atoms with Crippen LogP contribution in [-0.2, 0) is 38.6 Å². The Morgan fingerprint density at radius 3 is 2.00 bits per heavy atom. The average Bonchev–Trinajstić information content (AvgIpc) is 3.07. The van der Waals surface area contributed by atoms with Gasteiger partial charge in [-0.25, -0.2) is 14.4 Å². The molecule has 0 heterocycles. The van der Waals surface area contributed by atoms with Gasteiger partial charge in [0.2, 0.25) is 0 Å². The molecule has 0 fully saturated rings. The molecule has 0 saturated heterocycles. The first kappa shape index (κ1) is 38.2. The molecular formula is C42H47NO8. The maximum Gasteiger partial charge on any atom is 0.412 e. The van der Waals surface area contributed by atoms with Crippen molar-refractivity contribution in [2.24, 2.45) is 0 Å². The highest BCUT2D eigenvalue weighted by atomic mass is 16.6. The summed E-state index contributed by atoms with van der Waals surface area (Å²) in [7, 11) is 0. The minimum atomic E-state index is -0.673. The number of esters is 2. The Morgan fingerprint density at radius 2 is 1.35 bits per heavy atom. The largest absolute Gasteiger partial charge is 0.489 e. The van der Waals surface area contributed by atoms with Crippen molar-refractivity contribution in [3.63, 3.8) is 0 Å². The zero-order valence-corrected chi connectivity index (χ0v) is 30.2. The molecule has 0 aromatic heterocycles. The van der Waals surface area contributed by atoms with Crippen molar-refractivity contribution in [3.05, 3.63) is 131 Å².